The molecule has 29 heavy (non-hydrogen) atoms. The molecule has 0 saturated heterocycles. The third kappa shape index (κ3) is 4.38. The average molecular weight is 454 g/mol. The normalized spacial score (nSPS) is 12.2. The molecule has 2 aromatic carbocycles. The summed E-state index contributed by atoms with van der Waals surface area (Å²) in [5.74, 6) is 0.505. The van der Waals surface area contributed by atoms with Crippen molar-refractivity contribution >= 4 is 39.1 Å². The van der Waals surface area contributed by atoms with Crippen LogP contribution in [0.1, 0.15) is 20.7 Å². The Morgan fingerprint density at radius 1 is 0.897 bits per heavy atom. The number of ether oxygens (including phenoxy) is 2. The number of hydrogen-bond acceptors (Lipinski definition) is 5. The number of fused-ring (bicyclic) bond motifs is 1. The molecule has 3 aromatic rings. The Morgan fingerprint density at radius 2 is 1.69 bits per heavy atom. The number of nitrogens with one attached hydrogen (secondary N) is 2. The predicted octanol–water partition coefficient (Wildman–Crippen LogP) is 4.12. The first kappa shape index (κ1) is 18.9. The van der Waals surface area contributed by atoms with Gasteiger partial charge in [0, 0.05) is 28.6 Å². The van der Waals surface area contributed by atoms with E-state index < -0.39 is 0 Å². The first-order valence-corrected chi connectivity index (χ1v) is 9.61. The molecular weight excluding hydrogens is 438 g/mol. The lowest BCUT2D eigenvalue weighted by molar-refractivity contribution is 0.102. The Kier molecular flexibility index (Phi) is 5.44. The Labute approximate surface area is 175 Å². The van der Waals surface area contributed by atoms with Gasteiger partial charge in [0.2, 0.25) is 0 Å². The highest BCUT2D eigenvalue weighted by Gasteiger charge is 2.17. The number of carbonyl (C=O) groups is 2. The van der Waals surface area contributed by atoms with Gasteiger partial charge in [0.1, 0.15) is 13.2 Å². The molecular formula is C21H16BrN3O4. The lowest BCUT2D eigenvalue weighted by Crippen LogP contribution is -2.19. The van der Waals surface area contributed by atoms with Gasteiger partial charge in [0.05, 0.1) is 16.8 Å². The van der Waals surface area contributed by atoms with Crippen molar-refractivity contribution < 1.29 is 19.1 Å². The highest BCUT2D eigenvalue weighted by Crippen LogP contribution is 2.33. The topological polar surface area (TPSA) is 89.6 Å². The Hall–Kier alpha value is -3.39. The van der Waals surface area contributed by atoms with Gasteiger partial charge in [-0.05, 0) is 46.3 Å². The van der Waals surface area contributed by atoms with Gasteiger partial charge in [-0.2, -0.15) is 0 Å². The molecule has 0 spiro atoms. The van der Waals surface area contributed by atoms with Crippen LogP contribution >= 0.6 is 15.9 Å². The third-order valence-electron chi connectivity index (χ3n) is 4.19. The van der Waals surface area contributed by atoms with E-state index in [2.05, 4.69) is 31.5 Å². The molecule has 146 valence electrons. The number of para-hydroxylation sites is 1. The SMILES string of the molecule is O=C(Nc1ccccc1C(=O)Nc1ccc2c(c1)OCCO2)c1cncc(Br)c1. The van der Waals surface area contributed by atoms with Crippen molar-refractivity contribution in [3.63, 3.8) is 0 Å². The van der Waals surface area contributed by atoms with E-state index in [-0.39, 0.29) is 11.8 Å². The van der Waals surface area contributed by atoms with Crippen LogP contribution in [0.15, 0.2) is 65.4 Å². The maximum Gasteiger partial charge on any atom is 0.257 e. The number of rotatable bonds is 4. The van der Waals surface area contributed by atoms with E-state index >= 15 is 0 Å². The second-order valence-corrected chi connectivity index (χ2v) is 7.12. The molecule has 2 amide bonds. The van der Waals surface area contributed by atoms with Crippen LogP contribution in [-0.4, -0.2) is 30.0 Å². The number of halogens is 1. The molecule has 0 saturated carbocycles. The van der Waals surface area contributed by atoms with Crippen LogP contribution in [0.25, 0.3) is 0 Å². The van der Waals surface area contributed by atoms with Crippen LogP contribution in [-0.2, 0) is 0 Å². The van der Waals surface area contributed by atoms with E-state index in [0.29, 0.717) is 51.7 Å². The summed E-state index contributed by atoms with van der Waals surface area (Å²) in [4.78, 5) is 29.3. The van der Waals surface area contributed by atoms with E-state index in [1.807, 2.05) is 0 Å². The van der Waals surface area contributed by atoms with Crippen LogP contribution < -0.4 is 20.1 Å². The smallest absolute Gasteiger partial charge is 0.257 e. The summed E-state index contributed by atoms with van der Waals surface area (Å²) in [6.45, 7) is 0.961. The maximum atomic E-state index is 12.8. The first-order chi connectivity index (χ1) is 14.1. The highest BCUT2D eigenvalue weighted by molar-refractivity contribution is 9.10. The first-order valence-electron chi connectivity index (χ1n) is 8.82. The van der Waals surface area contributed by atoms with E-state index in [1.54, 1.807) is 54.7 Å². The van der Waals surface area contributed by atoms with Crippen molar-refractivity contribution in [3.8, 4) is 11.5 Å². The van der Waals surface area contributed by atoms with Crippen LogP contribution in [0.3, 0.4) is 0 Å². The summed E-state index contributed by atoms with van der Waals surface area (Å²) in [6, 6.07) is 13.6. The zero-order chi connectivity index (χ0) is 20.2. The van der Waals surface area contributed by atoms with E-state index in [0.717, 1.165) is 0 Å². The molecule has 2 heterocycles. The molecule has 7 nitrogen and oxygen atoms in total. The van der Waals surface area contributed by atoms with Gasteiger partial charge < -0.3 is 20.1 Å². The summed E-state index contributed by atoms with van der Waals surface area (Å²) in [6.07, 6.45) is 3.05. The quantitative estimate of drug-likeness (QED) is 0.619. The van der Waals surface area contributed by atoms with Gasteiger partial charge in [-0.1, -0.05) is 12.1 Å². The number of pyridine rings is 1. The monoisotopic (exact) mass is 453 g/mol. The fourth-order valence-corrected chi connectivity index (χ4v) is 3.21. The standard InChI is InChI=1S/C21H16BrN3O4/c22-14-9-13(11-23-12-14)20(26)25-17-4-2-1-3-16(17)21(27)24-15-5-6-18-19(10-15)29-8-7-28-18/h1-6,9-12H,7-8H2,(H,24,27)(H,25,26). The van der Waals surface area contributed by atoms with E-state index in [1.165, 1.54) is 6.20 Å². The van der Waals surface area contributed by atoms with E-state index in [9.17, 15) is 9.59 Å². The molecule has 0 bridgehead atoms. The van der Waals surface area contributed by atoms with Crippen LogP contribution in [0.2, 0.25) is 0 Å². The minimum absolute atomic E-state index is 0.332. The Bertz CT molecular complexity index is 1090. The van der Waals surface area contributed by atoms with Gasteiger partial charge >= 0.3 is 0 Å². The van der Waals surface area contributed by atoms with Crippen LogP contribution in [0.5, 0.6) is 11.5 Å². The van der Waals surface area contributed by atoms with Crippen LogP contribution in [0.4, 0.5) is 11.4 Å². The molecule has 1 aromatic heterocycles. The highest BCUT2D eigenvalue weighted by atomic mass is 79.9. The summed E-state index contributed by atoms with van der Waals surface area (Å²) in [5.41, 5.74) is 1.67. The number of amides is 2. The largest absolute Gasteiger partial charge is 0.486 e. The van der Waals surface area contributed by atoms with Crippen molar-refractivity contribution in [3.05, 3.63) is 76.5 Å². The van der Waals surface area contributed by atoms with Crippen molar-refractivity contribution in [2.75, 3.05) is 23.8 Å². The second kappa shape index (κ2) is 8.32. The molecule has 0 fully saturated rings. The molecule has 0 atom stereocenters. The number of anilines is 2. The van der Waals surface area contributed by atoms with Gasteiger partial charge in [0.15, 0.2) is 11.5 Å². The third-order valence-corrected chi connectivity index (χ3v) is 4.62. The minimum Gasteiger partial charge on any atom is -0.486 e. The fourth-order valence-electron chi connectivity index (χ4n) is 2.84. The number of nitrogens with zero attached hydrogens (tertiary/aromatic N) is 1. The minimum atomic E-state index is -0.363. The molecule has 1 aliphatic heterocycles. The number of hydrogen-bond donors (Lipinski definition) is 2. The van der Waals surface area contributed by atoms with Gasteiger partial charge in [-0.25, -0.2) is 0 Å². The molecule has 0 radical (unpaired) electrons. The molecule has 0 aliphatic carbocycles. The lowest BCUT2D eigenvalue weighted by atomic mass is 10.1. The maximum absolute atomic E-state index is 12.8. The fraction of sp³-hybridized carbons (Fsp3) is 0.0952. The second-order valence-electron chi connectivity index (χ2n) is 6.20. The zero-order valence-electron chi connectivity index (χ0n) is 15.1. The molecule has 0 unspecified atom stereocenters. The van der Waals surface area contributed by atoms with Gasteiger partial charge in [-0.3, -0.25) is 14.6 Å². The van der Waals surface area contributed by atoms with Crippen molar-refractivity contribution in [1.29, 1.82) is 0 Å². The van der Waals surface area contributed by atoms with Crippen molar-refractivity contribution in [1.82, 2.24) is 4.98 Å². The summed E-state index contributed by atoms with van der Waals surface area (Å²) in [5, 5.41) is 5.59. The molecule has 1 aliphatic rings. The van der Waals surface area contributed by atoms with Crippen molar-refractivity contribution in [2.24, 2.45) is 0 Å². The Balaban J connectivity index is 1.53. The van der Waals surface area contributed by atoms with Crippen molar-refractivity contribution in [2.45, 2.75) is 0 Å². The van der Waals surface area contributed by atoms with Crippen LogP contribution in [0, 0.1) is 0 Å². The van der Waals surface area contributed by atoms with Gasteiger partial charge in [-0.15, -0.1) is 0 Å². The zero-order valence-corrected chi connectivity index (χ0v) is 16.7. The predicted molar refractivity (Wildman–Crippen MR) is 112 cm³/mol. The lowest BCUT2D eigenvalue weighted by Gasteiger charge is -2.19. The van der Waals surface area contributed by atoms with Gasteiger partial charge in [0.25, 0.3) is 11.8 Å². The summed E-state index contributed by atoms with van der Waals surface area (Å²) in [7, 11) is 0. The van der Waals surface area contributed by atoms with E-state index in [4.69, 9.17) is 9.47 Å². The molecule has 8 heteroatoms. The summed E-state index contributed by atoms with van der Waals surface area (Å²) >= 11 is 3.29. The number of carbonyl (C=O) groups excluding carboxylic acids is 2. The molecule has 2 N–H and O–H groups in total. The Morgan fingerprint density at radius 3 is 2.52 bits per heavy atom. The number of aromatic nitrogens is 1. The average Bonchev–Trinajstić information content (AvgIpc) is 2.74. The summed E-state index contributed by atoms with van der Waals surface area (Å²) < 4.78 is 11.7. The molecule has 4 rings (SSSR count). The number of benzene rings is 2.